The van der Waals surface area contributed by atoms with Crippen molar-refractivity contribution in [2.24, 2.45) is 0 Å². The summed E-state index contributed by atoms with van der Waals surface area (Å²) in [6.45, 7) is 1.58. The summed E-state index contributed by atoms with van der Waals surface area (Å²) < 4.78 is 13.0. The Kier molecular flexibility index (Phi) is 4.39. The number of thioether (sulfide) groups is 1. The number of hydrogen-bond donors (Lipinski definition) is 2. The van der Waals surface area contributed by atoms with Crippen LogP contribution in [0.2, 0.25) is 0 Å². The second-order valence-electron chi connectivity index (χ2n) is 5.78. The molecule has 1 saturated heterocycles. The van der Waals surface area contributed by atoms with Crippen LogP contribution < -0.4 is 20.1 Å². The number of fused-ring (bicyclic) bond motifs is 1. The maximum atomic E-state index is 11.5. The zero-order valence-corrected chi connectivity index (χ0v) is 14.6. The summed E-state index contributed by atoms with van der Waals surface area (Å²) in [5, 5.41) is 10.3. The van der Waals surface area contributed by atoms with Crippen LogP contribution in [0, 0.1) is 0 Å². The number of urea groups is 1. The Morgan fingerprint density at radius 2 is 2.16 bits per heavy atom. The van der Waals surface area contributed by atoms with Crippen LogP contribution in [0.5, 0.6) is 11.5 Å². The number of aryl methyl sites for hydroxylation is 1. The van der Waals surface area contributed by atoms with Gasteiger partial charge in [0, 0.05) is 24.8 Å². The first-order valence-corrected chi connectivity index (χ1v) is 9.53. The van der Waals surface area contributed by atoms with Gasteiger partial charge in [-0.1, -0.05) is 0 Å². The number of nitrogens with zero attached hydrogens (tertiary/aromatic N) is 3. The lowest BCUT2D eigenvalue weighted by atomic mass is 10.2. The van der Waals surface area contributed by atoms with Gasteiger partial charge in [0.05, 0.1) is 5.69 Å². The fourth-order valence-corrected chi connectivity index (χ4v) is 3.24. The van der Waals surface area contributed by atoms with Gasteiger partial charge in [0.2, 0.25) is 0 Å². The van der Waals surface area contributed by atoms with E-state index in [0.29, 0.717) is 31.3 Å². The van der Waals surface area contributed by atoms with Crippen LogP contribution in [0.3, 0.4) is 0 Å². The molecule has 132 valence electrons. The number of carbonyl (C=O) groups excluding carboxylic acids is 1. The molecule has 4 rings (SSSR count). The Labute approximate surface area is 149 Å². The van der Waals surface area contributed by atoms with Gasteiger partial charge >= 0.3 is 6.03 Å². The van der Waals surface area contributed by atoms with Gasteiger partial charge in [-0.05, 0) is 18.4 Å². The van der Waals surface area contributed by atoms with Crippen LogP contribution in [0.4, 0.5) is 4.79 Å². The highest BCUT2D eigenvalue weighted by atomic mass is 32.2. The van der Waals surface area contributed by atoms with E-state index in [-0.39, 0.29) is 12.1 Å². The first-order valence-electron chi connectivity index (χ1n) is 8.14. The molecule has 1 atom stereocenters. The average molecular weight is 361 g/mol. The molecule has 2 aromatic rings. The number of nitrogens with one attached hydrogen (secondary N) is 2. The summed E-state index contributed by atoms with van der Waals surface area (Å²) in [5.41, 5.74) is 0.836. The molecular formula is C16H19N5O3S. The third-order valence-corrected chi connectivity index (χ3v) is 4.67. The smallest absolute Gasteiger partial charge is 0.315 e. The zero-order valence-electron chi connectivity index (χ0n) is 13.8. The van der Waals surface area contributed by atoms with E-state index in [4.69, 9.17) is 9.47 Å². The standard InChI is InChI=1S/C16H19N5O3S/c1-25-7-4-14-19-15(11-9-17-16(22)18-11)21(20-14)10-2-3-12-13(8-10)24-6-5-23-12/h2-3,8,11H,4-7,9H2,1H3,(H2,17,18,22)/t11-/m1/s1. The zero-order chi connectivity index (χ0) is 17.2. The van der Waals surface area contributed by atoms with Crippen molar-refractivity contribution in [2.75, 3.05) is 31.8 Å². The van der Waals surface area contributed by atoms with Crippen LogP contribution in [-0.4, -0.2) is 52.6 Å². The molecule has 2 N–H and O–H groups in total. The van der Waals surface area contributed by atoms with Crippen molar-refractivity contribution in [3.05, 3.63) is 29.8 Å². The van der Waals surface area contributed by atoms with E-state index in [1.807, 2.05) is 18.2 Å². The molecule has 1 fully saturated rings. The molecule has 0 spiro atoms. The molecule has 1 aromatic carbocycles. The lowest BCUT2D eigenvalue weighted by Crippen LogP contribution is -2.23. The Balaban J connectivity index is 1.71. The third kappa shape index (κ3) is 3.23. The normalized spacial score (nSPS) is 18.8. The van der Waals surface area contributed by atoms with E-state index in [0.717, 1.165) is 29.4 Å². The Hall–Kier alpha value is -2.42. The molecule has 2 aliphatic rings. The number of carbonyl (C=O) groups is 1. The number of rotatable bonds is 5. The first-order chi connectivity index (χ1) is 12.2. The molecule has 0 saturated carbocycles. The maximum absolute atomic E-state index is 11.5. The van der Waals surface area contributed by atoms with Gasteiger partial charge in [0.15, 0.2) is 23.1 Å². The molecule has 2 amide bonds. The van der Waals surface area contributed by atoms with E-state index < -0.39 is 0 Å². The van der Waals surface area contributed by atoms with Crippen molar-refractivity contribution in [3.8, 4) is 17.2 Å². The van der Waals surface area contributed by atoms with Gasteiger partial charge in [0.1, 0.15) is 19.3 Å². The highest BCUT2D eigenvalue weighted by Gasteiger charge is 2.28. The largest absolute Gasteiger partial charge is 0.486 e. The van der Waals surface area contributed by atoms with Gasteiger partial charge in [-0.25, -0.2) is 14.5 Å². The third-order valence-electron chi connectivity index (χ3n) is 4.06. The summed E-state index contributed by atoms with van der Waals surface area (Å²) in [6, 6.07) is 5.30. The highest BCUT2D eigenvalue weighted by molar-refractivity contribution is 7.98. The lowest BCUT2D eigenvalue weighted by molar-refractivity contribution is 0.171. The maximum Gasteiger partial charge on any atom is 0.315 e. The molecule has 9 heteroatoms. The minimum atomic E-state index is -0.212. The molecule has 25 heavy (non-hydrogen) atoms. The number of amides is 2. The molecule has 0 aliphatic carbocycles. The van der Waals surface area contributed by atoms with Crippen molar-refractivity contribution in [1.82, 2.24) is 25.4 Å². The fraction of sp³-hybridized carbons (Fsp3) is 0.438. The molecule has 8 nitrogen and oxygen atoms in total. The Morgan fingerprint density at radius 1 is 1.32 bits per heavy atom. The van der Waals surface area contributed by atoms with E-state index in [2.05, 4.69) is 27.0 Å². The van der Waals surface area contributed by atoms with Crippen molar-refractivity contribution in [1.29, 1.82) is 0 Å². The minimum Gasteiger partial charge on any atom is -0.486 e. The van der Waals surface area contributed by atoms with Crippen molar-refractivity contribution in [2.45, 2.75) is 12.5 Å². The van der Waals surface area contributed by atoms with Gasteiger partial charge < -0.3 is 20.1 Å². The quantitative estimate of drug-likeness (QED) is 0.834. The predicted molar refractivity (Wildman–Crippen MR) is 93.7 cm³/mol. The fourth-order valence-electron chi connectivity index (χ4n) is 2.86. The number of aromatic nitrogens is 3. The topological polar surface area (TPSA) is 90.3 Å². The lowest BCUT2D eigenvalue weighted by Gasteiger charge is -2.19. The van der Waals surface area contributed by atoms with Gasteiger partial charge in [0.25, 0.3) is 0 Å². The number of hydrogen-bond acceptors (Lipinski definition) is 6. The van der Waals surface area contributed by atoms with Gasteiger partial charge in [-0.3, -0.25) is 0 Å². The van der Waals surface area contributed by atoms with Crippen LogP contribution in [-0.2, 0) is 6.42 Å². The van der Waals surface area contributed by atoms with E-state index >= 15 is 0 Å². The van der Waals surface area contributed by atoms with Crippen molar-refractivity contribution >= 4 is 17.8 Å². The molecule has 0 radical (unpaired) electrons. The molecule has 3 heterocycles. The van der Waals surface area contributed by atoms with E-state index in [1.165, 1.54) is 0 Å². The summed E-state index contributed by atoms with van der Waals surface area (Å²) in [6.07, 6.45) is 2.83. The summed E-state index contributed by atoms with van der Waals surface area (Å²) in [4.78, 5) is 16.2. The van der Waals surface area contributed by atoms with Crippen LogP contribution >= 0.6 is 11.8 Å². The summed E-state index contributed by atoms with van der Waals surface area (Å²) in [5.74, 6) is 3.85. The molecule has 2 aliphatic heterocycles. The minimum absolute atomic E-state index is 0.188. The van der Waals surface area contributed by atoms with Crippen LogP contribution in [0.1, 0.15) is 17.7 Å². The van der Waals surface area contributed by atoms with Crippen molar-refractivity contribution in [3.63, 3.8) is 0 Å². The SMILES string of the molecule is CSCCc1nc([C@H]2CNC(=O)N2)n(-c2ccc3c(c2)OCCO3)n1. The average Bonchev–Trinajstić information content (AvgIpc) is 3.25. The Bertz CT molecular complexity index is 794. The predicted octanol–water partition coefficient (Wildman–Crippen LogP) is 1.30. The monoisotopic (exact) mass is 361 g/mol. The van der Waals surface area contributed by atoms with E-state index in [9.17, 15) is 4.79 Å². The Morgan fingerprint density at radius 3 is 2.92 bits per heavy atom. The molecular weight excluding hydrogens is 342 g/mol. The van der Waals surface area contributed by atoms with Gasteiger partial charge in [-0.2, -0.15) is 16.9 Å². The summed E-state index contributed by atoms with van der Waals surface area (Å²) in [7, 11) is 0. The van der Waals surface area contributed by atoms with Crippen molar-refractivity contribution < 1.29 is 14.3 Å². The first kappa shape index (κ1) is 16.1. The van der Waals surface area contributed by atoms with E-state index in [1.54, 1.807) is 16.4 Å². The number of benzene rings is 1. The molecule has 0 bridgehead atoms. The second kappa shape index (κ2) is 6.83. The molecule has 0 unspecified atom stereocenters. The van der Waals surface area contributed by atoms with Gasteiger partial charge in [-0.15, -0.1) is 0 Å². The second-order valence-corrected chi connectivity index (χ2v) is 6.76. The highest BCUT2D eigenvalue weighted by Crippen LogP contribution is 2.32. The molecule has 1 aromatic heterocycles. The summed E-state index contributed by atoms with van der Waals surface area (Å²) >= 11 is 1.75. The number of ether oxygens (including phenoxy) is 2. The van der Waals surface area contributed by atoms with Crippen LogP contribution in [0.15, 0.2) is 18.2 Å². The van der Waals surface area contributed by atoms with Crippen LogP contribution in [0.25, 0.3) is 5.69 Å².